The zero-order chi connectivity index (χ0) is 24.6. The number of ether oxygens (including phenoxy) is 1. The summed E-state index contributed by atoms with van der Waals surface area (Å²) in [5.74, 6) is 0.0223. The number of carboxylic acids is 1. The number of rotatable bonds is 3. The van der Waals surface area contributed by atoms with Gasteiger partial charge >= 0.3 is 5.97 Å². The van der Waals surface area contributed by atoms with Gasteiger partial charge in [-0.2, -0.15) is 0 Å². The van der Waals surface area contributed by atoms with E-state index < -0.39 is 11.6 Å². The van der Waals surface area contributed by atoms with E-state index in [9.17, 15) is 9.90 Å². The van der Waals surface area contributed by atoms with Crippen LogP contribution < -0.4 is 4.74 Å². The minimum atomic E-state index is -0.831. The molecule has 0 saturated carbocycles. The molecule has 5 nitrogen and oxygen atoms in total. The minimum absolute atomic E-state index is 0.0216. The average Bonchev–Trinajstić information content (AvgIpc) is 2.77. The number of aryl methyl sites for hydroxylation is 1. The molecule has 0 aliphatic carbocycles. The Hall–Kier alpha value is -3.44. The summed E-state index contributed by atoms with van der Waals surface area (Å²) in [6.45, 7) is 9.98. The highest BCUT2D eigenvalue weighted by Crippen LogP contribution is 2.43. The molecule has 1 aliphatic heterocycles. The van der Waals surface area contributed by atoms with Gasteiger partial charge in [-0.25, -0.2) is 0 Å². The number of nitrogens with zero attached hydrogens (tertiary/aromatic N) is 1. The number of carboxylic acid groups (broad SMARTS) is 1. The number of hydrogen-bond donors (Lipinski definition) is 2. The van der Waals surface area contributed by atoms with E-state index in [1.165, 1.54) is 5.56 Å². The van der Waals surface area contributed by atoms with Crippen LogP contribution in [0.5, 0.6) is 5.75 Å². The van der Waals surface area contributed by atoms with Crippen molar-refractivity contribution in [3.63, 3.8) is 0 Å². The van der Waals surface area contributed by atoms with Crippen LogP contribution in [0.3, 0.4) is 0 Å². The van der Waals surface area contributed by atoms with Crippen molar-refractivity contribution in [2.75, 3.05) is 6.61 Å². The van der Waals surface area contributed by atoms with Gasteiger partial charge in [-0.15, -0.1) is 0 Å². The van der Waals surface area contributed by atoms with Crippen LogP contribution in [0.15, 0.2) is 48.7 Å². The lowest BCUT2D eigenvalue weighted by atomic mass is 9.84. The number of carbonyl (C=O) groups is 1. The second kappa shape index (κ2) is 9.07. The molecule has 34 heavy (non-hydrogen) atoms. The number of benzene rings is 3. The van der Waals surface area contributed by atoms with E-state index in [4.69, 9.17) is 14.8 Å². The van der Waals surface area contributed by atoms with Crippen molar-refractivity contribution in [2.24, 2.45) is 0 Å². The number of pyridine rings is 1. The van der Waals surface area contributed by atoms with Gasteiger partial charge in [0.25, 0.3) is 0 Å². The van der Waals surface area contributed by atoms with Crippen molar-refractivity contribution in [1.29, 1.82) is 0 Å². The predicted molar refractivity (Wildman–Crippen MR) is 137 cm³/mol. The number of aliphatic hydroxyl groups is 1. The van der Waals surface area contributed by atoms with Crippen molar-refractivity contribution in [3.05, 3.63) is 70.9 Å². The van der Waals surface area contributed by atoms with Crippen LogP contribution in [0.25, 0.3) is 32.8 Å². The summed E-state index contributed by atoms with van der Waals surface area (Å²) in [5.41, 5.74) is 6.54. The third kappa shape index (κ3) is 4.62. The molecule has 1 aromatic heterocycles. The maximum atomic E-state index is 11.7. The molecule has 0 bridgehead atoms. The first-order chi connectivity index (χ1) is 16.1. The summed E-state index contributed by atoms with van der Waals surface area (Å²) in [4.78, 5) is 16.5. The molecule has 0 atom stereocenters. The SMILES string of the molecule is CC(C)(C)O.Cc1c(CC(=O)O)c(-c2ccc3c4c(ccnc24)CCO3)c2ccccc2c1C. The first kappa shape index (κ1) is 23.7. The molecule has 0 fully saturated rings. The summed E-state index contributed by atoms with van der Waals surface area (Å²) < 4.78 is 5.88. The zero-order valence-electron chi connectivity index (χ0n) is 20.4. The van der Waals surface area contributed by atoms with E-state index in [2.05, 4.69) is 25.1 Å². The highest BCUT2D eigenvalue weighted by molar-refractivity contribution is 6.09. The lowest BCUT2D eigenvalue weighted by molar-refractivity contribution is -0.136. The predicted octanol–water partition coefficient (Wildman–Crippen LogP) is 6.01. The number of aliphatic carboxylic acids is 1. The van der Waals surface area contributed by atoms with Crippen molar-refractivity contribution in [1.82, 2.24) is 4.98 Å². The van der Waals surface area contributed by atoms with Gasteiger partial charge in [0.05, 0.1) is 24.1 Å². The minimum Gasteiger partial charge on any atom is -0.493 e. The lowest BCUT2D eigenvalue weighted by Gasteiger charge is -2.22. The largest absolute Gasteiger partial charge is 0.493 e. The first-order valence-electron chi connectivity index (χ1n) is 11.5. The molecule has 5 rings (SSSR count). The summed E-state index contributed by atoms with van der Waals surface area (Å²) in [5, 5.41) is 21.4. The van der Waals surface area contributed by atoms with E-state index in [0.717, 1.165) is 61.7 Å². The highest BCUT2D eigenvalue weighted by atomic mass is 16.5. The normalized spacial score (nSPS) is 12.8. The Balaban J connectivity index is 0.000000499. The summed E-state index contributed by atoms with van der Waals surface area (Å²) in [7, 11) is 0. The third-order valence-electron chi connectivity index (χ3n) is 6.08. The Kier molecular flexibility index (Phi) is 6.32. The number of hydrogen-bond acceptors (Lipinski definition) is 4. The summed E-state index contributed by atoms with van der Waals surface area (Å²) >= 11 is 0. The van der Waals surface area contributed by atoms with E-state index in [1.54, 1.807) is 20.8 Å². The molecule has 0 unspecified atom stereocenters. The molecule has 2 heterocycles. The van der Waals surface area contributed by atoms with Gasteiger partial charge in [-0.05, 0) is 91.4 Å². The highest BCUT2D eigenvalue weighted by Gasteiger charge is 2.23. The van der Waals surface area contributed by atoms with Gasteiger partial charge in [-0.3, -0.25) is 9.78 Å². The zero-order valence-corrected chi connectivity index (χ0v) is 20.4. The van der Waals surface area contributed by atoms with Crippen LogP contribution in [0, 0.1) is 13.8 Å². The van der Waals surface area contributed by atoms with Gasteiger partial charge in [-0.1, -0.05) is 24.3 Å². The number of aromatic nitrogens is 1. The van der Waals surface area contributed by atoms with Crippen molar-refractivity contribution >= 4 is 27.6 Å². The second-order valence-corrected chi connectivity index (χ2v) is 9.79. The Morgan fingerprint density at radius 3 is 2.38 bits per heavy atom. The summed E-state index contributed by atoms with van der Waals surface area (Å²) in [6.07, 6.45) is 2.67. The van der Waals surface area contributed by atoms with Gasteiger partial charge in [0.15, 0.2) is 0 Å². The van der Waals surface area contributed by atoms with Crippen molar-refractivity contribution in [2.45, 2.75) is 53.1 Å². The van der Waals surface area contributed by atoms with Crippen LogP contribution in [-0.4, -0.2) is 33.4 Å². The molecular weight excluding hydrogens is 426 g/mol. The quantitative estimate of drug-likeness (QED) is 0.394. The maximum Gasteiger partial charge on any atom is 0.307 e. The molecular formula is C29H31NO4. The Bertz CT molecular complexity index is 1380. The monoisotopic (exact) mass is 457 g/mol. The van der Waals surface area contributed by atoms with Crippen LogP contribution in [0.4, 0.5) is 0 Å². The fourth-order valence-electron chi connectivity index (χ4n) is 4.59. The van der Waals surface area contributed by atoms with Crippen LogP contribution in [0.2, 0.25) is 0 Å². The fourth-order valence-corrected chi connectivity index (χ4v) is 4.59. The average molecular weight is 458 g/mol. The smallest absolute Gasteiger partial charge is 0.307 e. The first-order valence-corrected chi connectivity index (χ1v) is 11.5. The fraction of sp³-hybridized carbons (Fsp3) is 0.310. The van der Waals surface area contributed by atoms with E-state index in [1.807, 2.05) is 37.4 Å². The van der Waals surface area contributed by atoms with Gasteiger partial charge < -0.3 is 14.9 Å². The Morgan fingerprint density at radius 2 is 1.71 bits per heavy atom. The molecule has 0 amide bonds. The topological polar surface area (TPSA) is 79.7 Å². The lowest BCUT2D eigenvalue weighted by Crippen LogP contribution is -2.10. The van der Waals surface area contributed by atoms with Crippen LogP contribution in [-0.2, 0) is 17.6 Å². The van der Waals surface area contributed by atoms with Crippen LogP contribution >= 0.6 is 0 Å². The van der Waals surface area contributed by atoms with Gasteiger partial charge in [0.1, 0.15) is 5.75 Å². The third-order valence-corrected chi connectivity index (χ3v) is 6.08. The molecule has 0 saturated heterocycles. The Morgan fingerprint density at radius 1 is 1.03 bits per heavy atom. The molecule has 0 spiro atoms. The summed E-state index contributed by atoms with van der Waals surface area (Å²) in [6, 6.07) is 14.3. The molecule has 3 aromatic carbocycles. The van der Waals surface area contributed by atoms with Gasteiger partial charge in [0.2, 0.25) is 0 Å². The van der Waals surface area contributed by atoms with Crippen molar-refractivity contribution in [3.8, 4) is 16.9 Å². The van der Waals surface area contributed by atoms with E-state index in [-0.39, 0.29) is 6.42 Å². The molecule has 176 valence electrons. The van der Waals surface area contributed by atoms with E-state index >= 15 is 0 Å². The van der Waals surface area contributed by atoms with E-state index in [0.29, 0.717) is 6.61 Å². The molecule has 5 heteroatoms. The number of fused-ring (bicyclic) bond motifs is 1. The molecule has 4 aromatic rings. The molecule has 0 radical (unpaired) electrons. The van der Waals surface area contributed by atoms with Gasteiger partial charge in [0, 0.05) is 23.6 Å². The molecule has 2 N–H and O–H groups in total. The second-order valence-electron chi connectivity index (χ2n) is 9.79. The maximum absolute atomic E-state index is 11.7. The standard InChI is InChI=1S/C25H21NO3.C4H10O/c1-14-15(2)20(13-22(27)28)24(18-6-4-3-5-17(14)18)19-7-8-21-23-16(10-12-29-21)9-11-26-25(19)23;1-4(2,3)5/h3-9,11H,10,12-13H2,1-2H3,(H,27,28);5H,1-3H3. The Labute approximate surface area is 200 Å². The van der Waals surface area contributed by atoms with Crippen molar-refractivity contribution < 1.29 is 19.7 Å². The molecule has 1 aliphatic rings. The van der Waals surface area contributed by atoms with Crippen LogP contribution in [0.1, 0.15) is 43.0 Å².